The minimum atomic E-state index is 0.801. The average molecular weight is 225 g/mol. The van der Waals surface area contributed by atoms with Crippen LogP contribution in [0.3, 0.4) is 0 Å². The van der Waals surface area contributed by atoms with Crippen molar-refractivity contribution in [1.29, 1.82) is 0 Å². The van der Waals surface area contributed by atoms with Gasteiger partial charge in [-0.1, -0.05) is 52.9 Å². The van der Waals surface area contributed by atoms with Gasteiger partial charge < -0.3 is 5.32 Å². The predicted octanol–water partition coefficient (Wildman–Crippen LogP) is 4.37. The molecule has 1 aliphatic carbocycles. The van der Waals surface area contributed by atoms with Gasteiger partial charge in [-0.2, -0.15) is 0 Å². The first kappa shape index (κ1) is 14.0. The lowest BCUT2D eigenvalue weighted by molar-refractivity contribution is 0.210. The Labute approximate surface area is 102 Å². The van der Waals surface area contributed by atoms with E-state index in [0.717, 1.165) is 24.4 Å². The molecule has 1 unspecified atom stereocenters. The van der Waals surface area contributed by atoms with Gasteiger partial charge in [0.1, 0.15) is 0 Å². The topological polar surface area (TPSA) is 12.0 Å². The summed E-state index contributed by atoms with van der Waals surface area (Å²) in [6.07, 6.45) is 11.4. The molecule has 0 bridgehead atoms. The molecule has 0 heterocycles. The maximum absolute atomic E-state index is 3.75. The smallest absolute Gasteiger partial charge is 0.00978 e. The normalized spacial score (nSPS) is 18.8. The van der Waals surface area contributed by atoms with Crippen molar-refractivity contribution >= 4 is 0 Å². The van der Waals surface area contributed by atoms with Gasteiger partial charge in [-0.3, -0.25) is 0 Å². The molecular weight excluding hydrogens is 194 g/mol. The maximum atomic E-state index is 3.75. The van der Waals surface area contributed by atoms with E-state index in [1.165, 1.54) is 51.4 Å². The van der Waals surface area contributed by atoms with Crippen molar-refractivity contribution in [3.8, 4) is 0 Å². The van der Waals surface area contributed by atoms with Crippen molar-refractivity contribution in [2.24, 2.45) is 11.8 Å². The quantitative estimate of drug-likeness (QED) is 0.614. The molecule has 96 valence electrons. The van der Waals surface area contributed by atoms with E-state index >= 15 is 0 Å². The van der Waals surface area contributed by atoms with Crippen molar-refractivity contribution in [3.63, 3.8) is 0 Å². The van der Waals surface area contributed by atoms with Crippen molar-refractivity contribution < 1.29 is 0 Å². The Bertz CT molecular complexity index is 157. The molecule has 0 aromatic heterocycles. The van der Waals surface area contributed by atoms with Crippen LogP contribution in [-0.2, 0) is 0 Å². The summed E-state index contributed by atoms with van der Waals surface area (Å²) in [6.45, 7) is 8.05. The Balaban J connectivity index is 2.41. The third kappa shape index (κ3) is 4.45. The lowest BCUT2D eigenvalue weighted by atomic mass is 9.76. The highest BCUT2D eigenvalue weighted by molar-refractivity contribution is 4.82. The molecule has 1 saturated carbocycles. The van der Waals surface area contributed by atoms with Crippen LogP contribution in [0.2, 0.25) is 0 Å². The van der Waals surface area contributed by atoms with Gasteiger partial charge in [0, 0.05) is 6.04 Å². The largest absolute Gasteiger partial charge is 0.314 e. The Morgan fingerprint density at radius 2 is 1.69 bits per heavy atom. The third-order valence-corrected chi connectivity index (χ3v) is 4.17. The van der Waals surface area contributed by atoms with Crippen LogP contribution in [0.4, 0.5) is 0 Å². The van der Waals surface area contributed by atoms with Crippen LogP contribution in [0.25, 0.3) is 0 Å². The molecule has 0 spiro atoms. The fourth-order valence-electron chi connectivity index (χ4n) is 3.08. The molecule has 0 aromatic rings. The van der Waals surface area contributed by atoms with Crippen LogP contribution in [0.5, 0.6) is 0 Å². The Hall–Kier alpha value is -0.0400. The molecule has 1 fully saturated rings. The summed E-state index contributed by atoms with van der Waals surface area (Å²) in [5, 5.41) is 3.75. The van der Waals surface area contributed by atoms with E-state index < -0.39 is 0 Å². The standard InChI is InChI=1S/C15H31N/c1-4-8-14(9-5-2)15(16-6-3)12-13-10-7-11-13/h13-16H,4-12H2,1-3H3. The Kier molecular flexibility index (Phi) is 7.11. The molecular formula is C15H31N. The lowest BCUT2D eigenvalue weighted by Crippen LogP contribution is -2.39. The van der Waals surface area contributed by atoms with E-state index in [9.17, 15) is 0 Å². The molecule has 1 nitrogen and oxygen atoms in total. The molecule has 1 atom stereocenters. The van der Waals surface area contributed by atoms with Crippen LogP contribution >= 0.6 is 0 Å². The first-order chi connectivity index (χ1) is 7.81. The van der Waals surface area contributed by atoms with Gasteiger partial charge in [-0.25, -0.2) is 0 Å². The third-order valence-electron chi connectivity index (χ3n) is 4.17. The van der Waals surface area contributed by atoms with Crippen LogP contribution in [0, 0.1) is 11.8 Å². The zero-order valence-corrected chi connectivity index (χ0v) is 11.6. The average Bonchev–Trinajstić information content (AvgIpc) is 2.21. The van der Waals surface area contributed by atoms with Gasteiger partial charge >= 0.3 is 0 Å². The monoisotopic (exact) mass is 225 g/mol. The highest BCUT2D eigenvalue weighted by atomic mass is 14.9. The molecule has 16 heavy (non-hydrogen) atoms. The zero-order chi connectivity index (χ0) is 11.8. The number of hydrogen-bond donors (Lipinski definition) is 1. The Morgan fingerprint density at radius 3 is 2.06 bits per heavy atom. The van der Waals surface area contributed by atoms with Crippen LogP contribution in [0.15, 0.2) is 0 Å². The second-order valence-corrected chi connectivity index (χ2v) is 5.53. The summed E-state index contributed by atoms with van der Waals surface area (Å²) < 4.78 is 0. The summed E-state index contributed by atoms with van der Waals surface area (Å²) in [5.41, 5.74) is 0. The molecule has 0 saturated heterocycles. The van der Waals surface area contributed by atoms with Gasteiger partial charge in [0.05, 0.1) is 0 Å². The zero-order valence-electron chi connectivity index (χ0n) is 11.6. The van der Waals surface area contributed by atoms with E-state index in [2.05, 4.69) is 26.1 Å². The van der Waals surface area contributed by atoms with Crippen molar-refractivity contribution in [1.82, 2.24) is 5.32 Å². The molecule has 1 aliphatic rings. The summed E-state index contributed by atoms with van der Waals surface area (Å²) in [7, 11) is 0. The summed E-state index contributed by atoms with van der Waals surface area (Å²) in [6, 6.07) is 0.801. The number of nitrogens with one attached hydrogen (secondary N) is 1. The number of hydrogen-bond acceptors (Lipinski definition) is 1. The summed E-state index contributed by atoms with van der Waals surface area (Å²) in [5.74, 6) is 1.97. The van der Waals surface area contributed by atoms with Gasteiger partial charge in [-0.05, 0) is 37.6 Å². The second kappa shape index (κ2) is 8.11. The second-order valence-electron chi connectivity index (χ2n) is 5.53. The van der Waals surface area contributed by atoms with Gasteiger partial charge in [0.25, 0.3) is 0 Å². The summed E-state index contributed by atoms with van der Waals surface area (Å²) >= 11 is 0. The van der Waals surface area contributed by atoms with E-state index in [1.807, 2.05) is 0 Å². The van der Waals surface area contributed by atoms with Crippen molar-refractivity contribution in [2.45, 2.75) is 78.2 Å². The first-order valence-corrected chi connectivity index (χ1v) is 7.55. The maximum Gasteiger partial charge on any atom is 0.00978 e. The fraction of sp³-hybridized carbons (Fsp3) is 1.00. The van der Waals surface area contributed by atoms with E-state index in [-0.39, 0.29) is 0 Å². The molecule has 0 radical (unpaired) electrons. The van der Waals surface area contributed by atoms with Crippen LogP contribution < -0.4 is 5.32 Å². The fourth-order valence-corrected chi connectivity index (χ4v) is 3.08. The van der Waals surface area contributed by atoms with E-state index in [1.54, 1.807) is 0 Å². The lowest BCUT2D eigenvalue weighted by Gasteiger charge is -2.34. The molecule has 0 aliphatic heterocycles. The van der Waals surface area contributed by atoms with Gasteiger partial charge in [0.15, 0.2) is 0 Å². The minimum Gasteiger partial charge on any atom is -0.314 e. The molecule has 1 heteroatoms. The molecule has 0 amide bonds. The van der Waals surface area contributed by atoms with E-state index in [0.29, 0.717) is 0 Å². The van der Waals surface area contributed by atoms with E-state index in [4.69, 9.17) is 0 Å². The SMILES string of the molecule is CCCC(CCC)C(CC1CCC1)NCC. The molecule has 1 N–H and O–H groups in total. The number of rotatable bonds is 9. The first-order valence-electron chi connectivity index (χ1n) is 7.55. The van der Waals surface area contributed by atoms with Crippen molar-refractivity contribution in [3.05, 3.63) is 0 Å². The van der Waals surface area contributed by atoms with Crippen LogP contribution in [0.1, 0.15) is 72.1 Å². The van der Waals surface area contributed by atoms with Gasteiger partial charge in [-0.15, -0.1) is 0 Å². The van der Waals surface area contributed by atoms with Gasteiger partial charge in [0.2, 0.25) is 0 Å². The minimum absolute atomic E-state index is 0.801. The molecule has 0 aromatic carbocycles. The van der Waals surface area contributed by atoms with Crippen LogP contribution in [-0.4, -0.2) is 12.6 Å². The Morgan fingerprint density at radius 1 is 1.06 bits per heavy atom. The summed E-state index contributed by atoms with van der Waals surface area (Å²) in [4.78, 5) is 0. The highest BCUT2D eigenvalue weighted by Crippen LogP contribution is 2.33. The molecule has 1 rings (SSSR count). The highest BCUT2D eigenvalue weighted by Gasteiger charge is 2.26. The van der Waals surface area contributed by atoms with Crippen molar-refractivity contribution in [2.75, 3.05) is 6.54 Å². The predicted molar refractivity (Wildman–Crippen MR) is 72.7 cm³/mol.